The van der Waals surface area contributed by atoms with E-state index in [9.17, 15) is 0 Å². The molecule has 0 amide bonds. The molecule has 0 aliphatic rings. The van der Waals surface area contributed by atoms with Gasteiger partial charge in [-0.25, -0.2) is 0 Å². The molecule has 0 atom stereocenters. The molecule has 0 unspecified atom stereocenters. The molecule has 2 aromatic rings. The second-order valence-electron chi connectivity index (χ2n) is 4.73. The van der Waals surface area contributed by atoms with E-state index in [-0.39, 0.29) is 0 Å². The quantitative estimate of drug-likeness (QED) is 0.861. The molecule has 2 aromatic carbocycles. The highest BCUT2D eigenvalue weighted by atomic mass is 35.5. The van der Waals surface area contributed by atoms with Crippen LogP contribution in [0, 0.1) is 13.8 Å². The van der Waals surface area contributed by atoms with Crippen molar-refractivity contribution in [3.63, 3.8) is 0 Å². The number of halogens is 1. The minimum Gasteiger partial charge on any atom is -0.489 e. The van der Waals surface area contributed by atoms with Crippen molar-refractivity contribution < 1.29 is 4.74 Å². The highest BCUT2D eigenvalue weighted by Crippen LogP contribution is 2.23. The zero-order valence-electron chi connectivity index (χ0n) is 11.4. The normalized spacial score (nSPS) is 10.3. The molecule has 4 heteroatoms. The first kappa shape index (κ1) is 14.8. The smallest absolute Gasteiger partial charge is 0.122 e. The Morgan fingerprint density at radius 1 is 1.20 bits per heavy atom. The number of ether oxygens (including phenoxy) is 1. The lowest BCUT2D eigenvalue weighted by atomic mass is 10.1. The summed E-state index contributed by atoms with van der Waals surface area (Å²) in [5.74, 6) is 0.866. The van der Waals surface area contributed by atoms with Crippen LogP contribution in [0.5, 0.6) is 5.75 Å². The second kappa shape index (κ2) is 6.25. The third-order valence-corrected chi connectivity index (χ3v) is 3.64. The van der Waals surface area contributed by atoms with Crippen molar-refractivity contribution in [1.29, 1.82) is 0 Å². The van der Waals surface area contributed by atoms with E-state index in [1.165, 1.54) is 5.56 Å². The number of hydrogen-bond donors (Lipinski definition) is 1. The number of hydrogen-bond acceptors (Lipinski definition) is 2. The summed E-state index contributed by atoms with van der Waals surface area (Å²) in [6, 6.07) is 11.6. The van der Waals surface area contributed by atoms with Crippen LogP contribution in [0.2, 0.25) is 5.02 Å². The Kier molecular flexibility index (Phi) is 4.63. The van der Waals surface area contributed by atoms with E-state index in [4.69, 9.17) is 34.3 Å². The fourth-order valence-electron chi connectivity index (χ4n) is 1.93. The lowest BCUT2D eigenvalue weighted by Crippen LogP contribution is -2.09. The summed E-state index contributed by atoms with van der Waals surface area (Å²) in [5, 5.41) is 0.611. The Morgan fingerprint density at radius 2 is 1.95 bits per heavy atom. The van der Waals surface area contributed by atoms with Gasteiger partial charge in [0, 0.05) is 16.1 Å². The first-order valence-electron chi connectivity index (χ1n) is 6.25. The van der Waals surface area contributed by atoms with E-state index >= 15 is 0 Å². The predicted octanol–water partition coefficient (Wildman–Crippen LogP) is 4.17. The molecule has 0 aromatic heterocycles. The first-order valence-corrected chi connectivity index (χ1v) is 7.04. The highest BCUT2D eigenvalue weighted by Gasteiger charge is 2.06. The van der Waals surface area contributed by atoms with Gasteiger partial charge >= 0.3 is 0 Å². The molecule has 2 rings (SSSR count). The van der Waals surface area contributed by atoms with Crippen molar-refractivity contribution in [2.75, 3.05) is 0 Å². The number of benzene rings is 2. The molecular weight excluding hydrogens is 290 g/mol. The molecule has 0 radical (unpaired) electrons. The molecule has 0 saturated carbocycles. The zero-order valence-corrected chi connectivity index (χ0v) is 13.0. The van der Waals surface area contributed by atoms with Crippen LogP contribution in [-0.4, -0.2) is 4.99 Å². The summed E-state index contributed by atoms with van der Waals surface area (Å²) in [4.78, 5) is 0.341. The monoisotopic (exact) mass is 305 g/mol. The van der Waals surface area contributed by atoms with E-state index in [0.29, 0.717) is 16.6 Å². The van der Waals surface area contributed by atoms with Gasteiger partial charge in [0.25, 0.3) is 0 Å². The maximum atomic E-state index is 6.21. The molecule has 0 aliphatic carbocycles. The third kappa shape index (κ3) is 3.50. The molecule has 0 saturated heterocycles. The predicted molar refractivity (Wildman–Crippen MR) is 87.6 cm³/mol. The van der Waals surface area contributed by atoms with E-state index < -0.39 is 0 Å². The van der Waals surface area contributed by atoms with Crippen molar-refractivity contribution in [3.8, 4) is 5.75 Å². The van der Waals surface area contributed by atoms with Gasteiger partial charge in [0.1, 0.15) is 17.3 Å². The molecule has 104 valence electrons. The summed E-state index contributed by atoms with van der Waals surface area (Å²) in [6.07, 6.45) is 0. The Morgan fingerprint density at radius 3 is 2.55 bits per heavy atom. The van der Waals surface area contributed by atoms with Gasteiger partial charge in [-0.15, -0.1) is 0 Å². The van der Waals surface area contributed by atoms with Crippen LogP contribution >= 0.6 is 23.8 Å². The Bertz CT molecular complexity index is 655. The fraction of sp³-hybridized carbons (Fsp3) is 0.188. The van der Waals surface area contributed by atoms with Gasteiger partial charge in [-0.2, -0.15) is 0 Å². The van der Waals surface area contributed by atoms with Crippen molar-refractivity contribution in [1.82, 2.24) is 0 Å². The number of rotatable bonds is 4. The summed E-state index contributed by atoms with van der Waals surface area (Å²) in [5.41, 5.74) is 9.57. The average molecular weight is 306 g/mol. The molecule has 0 bridgehead atoms. The maximum Gasteiger partial charge on any atom is 0.122 e. The summed E-state index contributed by atoms with van der Waals surface area (Å²) in [7, 11) is 0. The van der Waals surface area contributed by atoms with E-state index in [2.05, 4.69) is 13.0 Å². The van der Waals surface area contributed by atoms with Crippen molar-refractivity contribution in [2.45, 2.75) is 20.5 Å². The van der Waals surface area contributed by atoms with Crippen LogP contribution in [0.1, 0.15) is 22.3 Å². The van der Waals surface area contributed by atoms with Gasteiger partial charge in [0.05, 0.1) is 0 Å². The van der Waals surface area contributed by atoms with Gasteiger partial charge in [-0.05, 0) is 31.5 Å². The number of nitrogens with two attached hydrogens (primary N) is 1. The first-order chi connectivity index (χ1) is 9.47. The van der Waals surface area contributed by atoms with Gasteiger partial charge < -0.3 is 10.5 Å². The SMILES string of the molecule is Cc1ccc(OCc2ccc(C(N)=S)cc2Cl)c(C)c1. The van der Waals surface area contributed by atoms with Crippen molar-refractivity contribution >= 4 is 28.8 Å². The number of thiocarbonyl (C=S) groups is 1. The number of aryl methyl sites for hydroxylation is 2. The van der Waals surface area contributed by atoms with Crippen LogP contribution in [-0.2, 0) is 6.61 Å². The van der Waals surface area contributed by atoms with Crippen molar-refractivity contribution in [3.05, 3.63) is 63.7 Å². The lowest BCUT2D eigenvalue weighted by Gasteiger charge is -2.11. The van der Waals surface area contributed by atoms with E-state index in [0.717, 1.165) is 22.4 Å². The van der Waals surface area contributed by atoms with Gasteiger partial charge in [0.2, 0.25) is 0 Å². The maximum absolute atomic E-state index is 6.21. The lowest BCUT2D eigenvalue weighted by molar-refractivity contribution is 0.304. The minimum atomic E-state index is 0.341. The molecule has 0 aliphatic heterocycles. The minimum absolute atomic E-state index is 0.341. The molecular formula is C16H16ClNOS. The second-order valence-corrected chi connectivity index (χ2v) is 5.58. The largest absolute Gasteiger partial charge is 0.489 e. The summed E-state index contributed by atoms with van der Waals surface area (Å²) in [6.45, 7) is 4.50. The fourth-order valence-corrected chi connectivity index (χ4v) is 2.30. The third-order valence-electron chi connectivity index (χ3n) is 3.05. The highest BCUT2D eigenvalue weighted by molar-refractivity contribution is 7.80. The van der Waals surface area contributed by atoms with Crippen LogP contribution in [0.25, 0.3) is 0 Å². The summed E-state index contributed by atoms with van der Waals surface area (Å²) < 4.78 is 5.81. The molecule has 20 heavy (non-hydrogen) atoms. The van der Waals surface area contributed by atoms with Crippen LogP contribution in [0.3, 0.4) is 0 Å². The van der Waals surface area contributed by atoms with Crippen molar-refractivity contribution in [2.24, 2.45) is 5.73 Å². The standard InChI is InChI=1S/C16H16ClNOS/c1-10-3-6-15(11(2)7-10)19-9-13-5-4-12(16(18)20)8-14(13)17/h3-8H,9H2,1-2H3,(H2,18,20). The van der Waals surface area contributed by atoms with Gasteiger partial charge in [-0.1, -0.05) is 53.6 Å². The van der Waals surface area contributed by atoms with Crippen LogP contribution in [0.4, 0.5) is 0 Å². The topological polar surface area (TPSA) is 35.2 Å². The molecule has 2 N–H and O–H groups in total. The zero-order chi connectivity index (χ0) is 14.7. The van der Waals surface area contributed by atoms with Crippen LogP contribution < -0.4 is 10.5 Å². The van der Waals surface area contributed by atoms with E-state index in [1.54, 1.807) is 6.07 Å². The average Bonchev–Trinajstić information content (AvgIpc) is 2.38. The molecule has 0 spiro atoms. The molecule has 0 heterocycles. The van der Waals surface area contributed by atoms with Gasteiger partial charge in [0.15, 0.2) is 0 Å². The Balaban J connectivity index is 2.13. The summed E-state index contributed by atoms with van der Waals surface area (Å²) >= 11 is 11.1. The van der Waals surface area contributed by atoms with E-state index in [1.807, 2.05) is 31.2 Å². The molecule has 2 nitrogen and oxygen atoms in total. The Hall–Kier alpha value is -1.58. The van der Waals surface area contributed by atoms with Crippen LogP contribution in [0.15, 0.2) is 36.4 Å². The Labute approximate surface area is 129 Å². The molecule has 0 fully saturated rings. The van der Waals surface area contributed by atoms with Gasteiger partial charge in [-0.3, -0.25) is 0 Å².